The molecule has 0 radical (unpaired) electrons. The Bertz CT molecular complexity index is 916. The number of ether oxygens (including phenoxy) is 1. The van der Waals surface area contributed by atoms with Crippen molar-refractivity contribution in [2.75, 3.05) is 39.4 Å². The quantitative estimate of drug-likeness (QED) is 0.778. The van der Waals surface area contributed by atoms with Gasteiger partial charge in [0, 0.05) is 38.9 Å². The van der Waals surface area contributed by atoms with Gasteiger partial charge < -0.3 is 14.5 Å². The number of aromatic nitrogens is 3. The maximum Gasteiger partial charge on any atom is 0.254 e. The normalized spacial score (nSPS) is 20.6. The summed E-state index contributed by atoms with van der Waals surface area (Å²) in [5, 5.41) is 5.24. The first-order chi connectivity index (χ1) is 13.5. The maximum atomic E-state index is 13.4. The van der Waals surface area contributed by atoms with Crippen molar-refractivity contribution < 1.29 is 14.3 Å². The Labute approximate surface area is 164 Å². The predicted molar refractivity (Wildman–Crippen MR) is 104 cm³/mol. The molecule has 0 N–H and O–H groups in total. The molecule has 0 bridgehead atoms. The number of pyridine rings is 1. The molecule has 8 nitrogen and oxygen atoms in total. The first kappa shape index (κ1) is 18.9. The SMILES string of the molecule is Cc1cc(C(=O)N2CCCC(C(=O)N3CCOCC3)C2)c2c(C)nn(C)c2n1. The second kappa shape index (κ2) is 7.50. The van der Waals surface area contributed by atoms with Gasteiger partial charge in [-0.3, -0.25) is 14.3 Å². The maximum absolute atomic E-state index is 13.4. The number of aryl methyl sites for hydroxylation is 3. The van der Waals surface area contributed by atoms with Crippen molar-refractivity contribution in [1.29, 1.82) is 0 Å². The monoisotopic (exact) mass is 385 g/mol. The molecule has 150 valence electrons. The van der Waals surface area contributed by atoms with E-state index >= 15 is 0 Å². The average Bonchev–Trinajstić information content (AvgIpc) is 3.00. The number of fused-ring (bicyclic) bond motifs is 1. The van der Waals surface area contributed by atoms with Gasteiger partial charge in [0.1, 0.15) is 0 Å². The van der Waals surface area contributed by atoms with Crippen molar-refractivity contribution in [2.45, 2.75) is 26.7 Å². The number of morpholine rings is 1. The third-order valence-corrected chi connectivity index (χ3v) is 5.71. The summed E-state index contributed by atoms with van der Waals surface area (Å²) in [5.41, 5.74) is 2.94. The summed E-state index contributed by atoms with van der Waals surface area (Å²) in [7, 11) is 1.84. The topological polar surface area (TPSA) is 80.6 Å². The van der Waals surface area contributed by atoms with Crippen LogP contribution in [0.5, 0.6) is 0 Å². The summed E-state index contributed by atoms with van der Waals surface area (Å²) in [5.74, 6) is -0.0234. The minimum atomic E-state index is -0.135. The second-order valence-electron chi connectivity index (χ2n) is 7.75. The van der Waals surface area contributed by atoms with E-state index in [9.17, 15) is 9.59 Å². The van der Waals surface area contributed by atoms with Crippen LogP contribution in [0.2, 0.25) is 0 Å². The van der Waals surface area contributed by atoms with E-state index in [-0.39, 0.29) is 17.7 Å². The number of hydrogen-bond donors (Lipinski definition) is 0. The molecule has 2 aliphatic heterocycles. The fourth-order valence-corrected chi connectivity index (χ4v) is 4.31. The van der Waals surface area contributed by atoms with Crippen molar-refractivity contribution in [3.8, 4) is 0 Å². The standard InChI is InChI=1S/C20H27N5O3/c1-13-11-16(17-14(2)22-23(3)18(17)21-13)20(27)25-6-4-5-15(12-25)19(26)24-7-9-28-10-8-24/h11,15H,4-10,12H2,1-3H3. The van der Waals surface area contributed by atoms with E-state index in [1.165, 1.54) is 0 Å². The Morgan fingerprint density at radius 1 is 1.14 bits per heavy atom. The lowest BCUT2D eigenvalue weighted by Gasteiger charge is -2.36. The molecule has 28 heavy (non-hydrogen) atoms. The molecule has 1 atom stereocenters. The molecule has 2 amide bonds. The Hall–Kier alpha value is -2.48. The molecule has 0 aromatic carbocycles. The van der Waals surface area contributed by atoms with E-state index in [2.05, 4.69) is 10.1 Å². The zero-order valence-corrected chi connectivity index (χ0v) is 16.8. The lowest BCUT2D eigenvalue weighted by molar-refractivity contribution is -0.141. The number of carbonyl (C=O) groups excluding carboxylic acids is 2. The largest absolute Gasteiger partial charge is 0.378 e. The van der Waals surface area contributed by atoms with Crippen molar-refractivity contribution >= 4 is 22.8 Å². The van der Waals surface area contributed by atoms with Crippen LogP contribution in [0, 0.1) is 19.8 Å². The summed E-state index contributed by atoms with van der Waals surface area (Å²) in [4.78, 5) is 34.5. The highest BCUT2D eigenvalue weighted by molar-refractivity contribution is 6.06. The predicted octanol–water partition coefficient (Wildman–Crippen LogP) is 1.30. The number of carbonyl (C=O) groups is 2. The van der Waals surface area contributed by atoms with Crippen LogP contribution in [-0.4, -0.2) is 75.8 Å². The summed E-state index contributed by atoms with van der Waals surface area (Å²) >= 11 is 0. The highest BCUT2D eigenvalue weighted by atomic mass is 16.5. The van der Waals surface area contributed by atoms with Crippen LogP contribution in [-0.2, 0) is 16.6 Å². The summed E-state index contributed by atoms with van der Waals surface area (Å²) in [6.45, 7) is 7.40. The van der Waals surface area contributed by atoms with Gasteiger partial charge in [0.2, 0.25) is 5.91 Å². The molecule has 2 aromatic rings. The molecule has 0 aliphatic carbocycles. The smallest absolute Gasteiger partial charge is 0.254 e. The van der Waals surface area contributed by atoms with Gasteiger partial charge >= 0.3 is 0 Å². The molecule has 2 aliphatic rings. The molecule has 1 unspecified atom stereocenters. The van der Waals surface area contributed by atoms with Gasteiger partial charge in [0.15, 0.2) is 5.65 Å². The summed E-state index contributed by atoms with van der Waals surface area (Å²) < 4.78 is 7.07. The Morgan fingerprint density at radius 2 is 1.89 bits per heavy atom. The average molecular weight is 385 g/mol. The van der Waals surface area contributed by atoms with Crippen LogP contribution in [0.3, 0.4) is 0 Å². The first-order valence-corrected chi connectivity index (χ1v) is 9.92. The van der Waals surface area contributed by atoms with Crippen LogP contribution in [0.25, 0.3) is 11.0 Å². The highest BCUT2D eigenvalue weighted by Crippen LogP contribution is 2.26. The van der Waals surface area contributed by atoms with E-state index in [1.807, 2.05) is 36.8 Å². The molecule has 2 aromatic heterocycles. The third kappa shape index (κ3) is 3.37. The lowest BCUT2D eigenvalue weighted by atomic mass is 9.95. The van der Waals surface area contributed by atoms with Crippen LogP contribution in [0.4, 0.5) is 0 Å². The van der Waals surface area contributed by atoms with Gasteiger partial charge in [-0.25, -0.2) is 4.98 Å². The fraction of sp³-hybridized carbons (Fsp3) is 0.600. The van der Waals surface area contributed by atoms with E-state index in [1.54, 1.807) is 4.68 Å². The van der Waals surface area contributed by atoms with E-state index in [4.69, 9.17) is 4.74 Å². The first-order valence-electron chi connectivity index (χ1n) is 9.92. The Kier molecular flexibility index (Phi) is 5.05. The zero-order valence-electron chi connectivity index (χ0n) is 16.8. The van der Waals surface area contributed by atoms with Gasteiger partial charge in [-0.1, -0.05) is 0 Å². The van der Waals surface area contributed by atoms with Gasteiger partial charge in [-0.05, 0) is 32.8 Å². The molecule has 0 spiro atoms. The highest BCUT2D eigenvalue weighted by Gasteiger charge is 2.33. The molecule has 4 heterocycles. The summed E-state index contributed by atoms with van der Waals surface area (Å²) in [6, 6.07) is 1.84. The molecular weight excluding hydrogens is 358 g/mol. The van der Waals surface area contributed by atoms with E-state index < -0.39 is 0 Å². The van der Waals surface area contributed by atoms with Gasteiger partial charge in [0.05, 0.1) is 35.8 Å². The molecule has 8 heteroatoms. The molecule has 2 fully saturated rings. The molecular formula is C20H27N5O3. The number of amides is 2. The number of nitrogens with zero attached hydrogens (tertiary/aromatic N) is 5. The van der Waals surface area contributed by atoms with Crippen LogP contribution >= 0.6 is 0 Å². The second-order valence-corrected chi connectivity index (χ2v) is 7.75. The molecule has 2 saturated heterocycles. The Morgan fingerprint density at radius 3 is 2.64 bits per heavy atom. The fourth-order valence-electron chi connectivity index (χ4n) is 4.31. The Balaban J connectivity index is 1.58. The molecule has 4 rings (SSSR count). The number of likely N-dealkylation sites (tertiary alicyclic amines) is 1. The minimum Gasteiger partial charge on any atom is -0.378 e. The summed E-state index contributed by atoms with van der Waals surface area (Å²) in [6.07, 6.45) is 1.67. The zero-order chi connectivity index (χ0) is 19.8. The van der Waals surface area contributed by atoms with Crippen molar-refractivity contribution in [1.82, 2.24) is 24.6 Å². The van der Waals surface area contributed by atoms with Gasteiger partial charge in [0.25, 0.3) is 5.91 Å². The lowest BCUT2D eigenvalue weighted by Crippen LogP contribution is -2.49. The number of rotatable bonds is 2. The van der Waals surface area contributed by atoms with Crippen molar-refractivity contribution in [3.05, 3.63) is 23.0 Å². The van der Waals surface area contributed by atoms with Crippen LogP contribution in [0.1, 0.15) is 34.6 Å². The van der Waals surface area contributed by atoms with Crippen molar-refractivity contribution in [3.63, 3.8) is 0 Å². The van der Waals surface area contributed by atoms with Gasteiger partial charge in [-0.15, -0.1) is 0 Å². The van der Waals surface area contributed by atoms with Gasteiger partial charge in [-0.2, -0.15) is 5.10 Å². The van der Waals surface area contributed by atoms with Crippen LogP contribution in [0.15, 0.2) is 6.07 Å². The minimum absolute atomic E-state index is 0.0360. The third-order valence-electron chi connectivity index (χ3n) is 5.71. The number of piperidine rings is 1. The van der Waals surface area contributed by atoms with E-state index in [0.29, 0.717) is 45.0 Å². The van der Waals surface area contributed by atoms with Crippen molar-refractivity contribution in [2.24, 2.45) is 13.0 Å². The molecule has 0 saturated carbocycles. The van der Waals surface area contributed by atoms with Crippen LogP contribution < -0.4 is 0 Å². The van der Waals surface area contributed by atoms with E-state index in [0.717, 1.165) is 35.3 Å². The number of hydrogen-bond acceptors (Lipinski definition) is 5.